The van der Waals surface area contributed by atoms with Crippen molar-refractivity contribution in [3.8, 4) is 5.75 Å². The predicted octanol–water partition coefficient (Wildman–Crippen LogP) is 1.70. The lowest BCUT2D eigenvalue weighted by Gasteiger charge is -2.13. The monoisotopic (exact) mass is 280 g/mol. The van der Waals surface area contributed by atoms with Gasteiger partial charge < -0.3 is 10.1 Å². The van der Waals surface area contributed by atoms with Gasteiger partial charge in [-0.2, -0.15) is 0 Å². The molecule has 108 valence electrons. The normalized spacial score (nSPS) is 11.6. The van der Waals surface area contributed by atoms with Crippen molar-refractivity contribution in [2.75, 3.05) is 7.11 Å². The Morgan fingerprint density at radius 3 is 2.60 bits per heavy atom. The topological polar surface area (TPSA) is 98.5 Å². The number of ketones is 1. The number of hydrogen-bond acceptors (Lipinski definition) is 5. The number of ether oxygens (including phenoxy) is 1. The van der Waals surface area contributed by atoms with E-state index in [1.54, 1.807) is 13.8 Å². The number of benzene rings is 1. The zero-order chi connectivity index (χ0) is 15.3. The highest BCUT2D eigenvalue weighted by Crippen LogP contribution is 2.24. The van der Waals surface area contributed by atoms with Crippen LogP contribution in [0.3, 0.4) is 0 Å². The van der Waals surface area contributed by atoms with Gasteiger partial charge in [-0.15, -0.1) is 0 Å². The first-order valence-corrected chi connectivity index (χ1v) is 6.06. The lowest BCUT2D eigenvalue weighted by atomic mass is 10.1. The number of amides is 1. The number of nitro benzene ring substituents is 1. The van der Waals surface area contributed by atoms with E-state index in [1.165, 1.54) is 25.3 Å². The summed E-state index contributed by atoms with van der Waals surface area (Å²) >= 11 is 0. The smallest absolute Gasteiger partial charge is 0.273 e. The molecule has 0 heterocycles. The van der Waals surface area contributed by atoms with E-state index >= 15 is 0 Å². The second kappa shape index (κ2) is 6.65. The van der Waals surface area contributed by atoms with E-state index in [9.17, 15) is 19.7 Å². The predicted molar refractivity (Wildman–Crippen MR) is 71.9 cm³/mol. The molecule has 0 aliphatic rings. The molecule has 7 heteroatoms. The SMILES string of the molecule is CCC(=O)C(C)NC(=O)c1ccc([N+](=O)[O-])cc1OC. The van der Waals surface area contributed by atoms with Crippen molar-refractivity contribution < 1.29 is 19.2 Å². The Hall–Kier alpha value is -2.44. The average molecular weight is 280 g/mol. The van der Waals surface area contributed by atoms with Crippen LogP contribution < -0.4 is 10.1 Å². The molecule has 1 atom stereocenters. The number of nitrogens with zero attached hydrogens (tertiary/aromatic N) is 1. The molecular weight excluding hydrogens is 264 g/mol. The van der Waals surface area contributed by atoms with E-state index in [0.717, 1.165) is 0 Å². The lowest BCUT2D eigenvalue weighted by molar-refractivity contribution is -0.384. The summed E-state index contributed by atoms with van der Waals surface area (Å²) in [6.45, 7) is 3.29. The Morgan fingerprint density at radius 1 is 1.45 bits per heavy atom. The van der Waals surface area contributed by atoms with Gasteiger partial charge in [0, 0.05) is 12.5 Å². The van der Waals surface area contributed by atoms with Gasteiger partial charge in [0.25, 0.3) is 11.6 Å². The van der Waals surface area contributed by atoms with Crippen molar-refractivity contribution in [2.24, 2.45) is 0 Å². The zero-order valence-corrected chi connectivity index (χ0v) is 11.5. The van der Waals surface area contributed by atoms with Gasteiger partial charge in [0.1, 0.15) is 5.75 Å². The number of carbonyl (C=O) groups excluding carboxylic acids is 2. The maximum absolute atomic E-state index is 12.0. The second-order valence-electron chi connectivity index (χ2n) is 4.16. The number of nitro groups is 1. The summed E-state index contributed by atoms with van der Waals surface area (Å²) < 4.78 is 4.98. The van der Waals surface area contributed by atoms with Crippen molar-refractivity contribution in [3.63, 3.8) is 0 Å². The summed E-state index contributed by atoms with van der Waals surface area (Å²) in [7, 11) is 1.32. The largest absolute Gasteiger partial charge is 0.496 e. The molecule has 0 spiro atoms. The zero-order valence-electron chi connectivity index (χ0n) is 11.5. The summed E-state index contributed by atoms with van der Waals surface area (Å²) in [4.78, 5) is 33.5. The van der Waals surface area contributed by atoms with Crippen LogP contribution in [0.5, 0.6) is 5.75 Å². The fourth-order valence-corrected chi connectivity index (χ4v) is 1.64. The molecule has 0 aliphatic heterocycles. The van der Waals surface area contributed by atoms with Gasteiger partial charge in [0.15, 0.2) is 5.78 Å². The fraction of sp³-hybridized carbons (Fsp3) is 0.385. The molecule has 0 radical (unpaired) electrons. The first-order chi connectivity index (χ1) is 9.40. The van der Waals surface area contributed by atoms with Crippen LogP contribution in [-0.4, -0.2) is 29.8 Å². The van der Waals surface area contributed by atoms with Crippen LogP contribution >= 0.6 is 0 Å². The van der Waals surface area contributed by atoms with Crippen LogP contribution in [0.1, 0.15) is 30.6 Å². The quantitative estimate of drug-likeness (QED) is 0.631. The third-order valence-electron chi connectivity index (χ3n) is 2.82. The highest BCUT2D eigenvalue weighted by Gasteiger charge is 2.20. The van der Waals surface area contributed by atoms with Crippen LogP contribution in [-0.2, 0) is 4.79 Å². The third kappa shape index (κ3) is 3.53. The molecule has 1 rings (SSSR count). The molecule has 1 aromatic rings. The summed E-state index contributed by atoms with van der Waals surface area (Å²) in [5.74, 6) is -0.516. The number of Topliss-reactive ketones (excluding diaryl/α,β-unsaturated/α-hetero) is 1. The molecule has 0 saturated carbocycles. The van der Waals surface area contributed by atoms with Crippen molar-refractivity contribution in [1.82, 2.24) is 5.32 Å². The van der Waals surface area contributed by atoms with Gasteiger partial charge in [-0.25, -0.2) is 0 Å². The molecule has 0 bridgehead atoms. The molecular formula is C13H16N2O5. The van der Waals surface area contributed by atoms with Crippen molar-refractivity contribution in [1.29, 1.82) is 0 Å². The molecule has 0 aromatic heterocycles. The molecule has 1 aromatic carbocycles. The van der Waals surface area contributed by atoms with Gasteiger partial charge in [-0.1, -0.05) is 6.92 Å². The number of rotatable bonds is 6. The Morgan fingerprint density at radius 2 is 2.10 bits per heavy atom. The summed E-state index contributed by atoms with van der Waals surface area (Å²) in [5.41, 5.74) is -0.0232. The van der Waals surface area contributed by atoms with Gasteiger partial charge in [-0.3, -0.25) is 19.7 Å². The molecule has 1 amide bonds. The minimum Gasteiger partial charge on any atom is -0.496 e. The van der Waals surface area contributed by atoms with Crippen molar-refractivity contribution in [3.05, 3.63) is 33.9 Å². The highest BCUT2D eigenvalue weighted by atomic mass is 16.6. The number of non-ortho nitro benzene ring substituents is 1. The Bertz CT molecular complexity index is 542. The van der Waals surface area contributed by atoms with E-state index in [4.69, 9.17) is 4.74 Å². The van der Waals surface area contributed by atoms with Gasteiger partial charge in [-0.05, 0) is 13.0 Å². The van der Waals surface area contributed by atoms with Gasteiger partial charge >= 0.3 is 0 Å². The van der Waals surface area contributed by atoms with Gasteiger partial charge in [0.2, 0.25) is 0 Å². The maximum Gasteiger partial charge on any atom is 0.273 e. The number of carbonyl (C=O) groups is 2. The average Bonchev–Trinajstić information content (AvgIpc) is 2.45. The molecule has 1 N–H and O–H groups in total. The molecule has 7 nitrogen and oxygen atoms in total. The van der Waals surface area contributed by atoms with E-state index in [1.807, 2.05) is 0 Å². The van der Waals surface area contributed by atoms with Crippen LogP contribution in [0.2, 0.25) is 0 Å². The Kier molecular flexibility index (Phi) is 5.19. The second-order valence-corrected chi connectivity index (χ2v) is 4.16. The molecule has 0 saturated heterocycles. The fourth-order valence-electron chi connectivity index (χ4n) is 1.64. The molecule has 0 fully saturated rings. The first kappa shape index (κ1) is 15.6. The van der Waals surface area contributed by atoms with Crippen molar-refractivity contribution in [2.45, 2.75) is 26.3 Å². The van der Waals surface area contributed by atoms with E-state index in [2.05, 4.69) is 5.32 Å². The maximum atomic E-state index is 12.0. The van der Waals surface area contributed by atoms with Crippen LogP contribution in [0.25, 0.3) is 0 Å². The summed E-state index contributed by atoms with van der Waals surface area (Å²) in [5, 5.41) is 13.2. The number of hydrogen-bond donors (Lipinski definition) is 1. The van der Waals surface area contributed by atoms with E-state index < -0.39 is 16.9 Å². The molecule has 20 heavy (non-hydrogen) atoms. The van der Waals surface area contributed by atoms with Crippen LogP contribution in [0.15, 0.2) is 18.2 Å². The van der Waals surface area contributed by atoms with Crippen LogP contribution in [0.4, 0.5) is 5.69 Å². The van der Waals surface area contributed by atoms with E-state index in [-0.39, 0.29) is 22.8 Å². The minimum absolute atomic E-state index is 0.0906. The lowest BCUT2D eigenvalue weighted by Crippen LogP contribution is -2.38. The highest BCUT2D eigenvalue weighted by molar-refractivity contribution is 6.00. The van der Waals surface area contributed by atoms with E-state index in [0.29, 0.717) is 6.42 Å². The molecule has 0 aliphatic carbocycles. The summed E-state index contributed by atoms with van der Waals surface area (Å²) in [6, 6.07) is 3.06. The van der Waals surface area contributed by atoms with Gasteiger partial charge in [0.05, 0.1) is 29.7 Å². The van der Waals surface area contributed by atoms with Crippen LogP contribution in [0, 0.1) is 10.1 Å². The number of nitrogens with one attached hydrogen (secondary N) is 1. The Labute approximate surface area is 116 Å². The van der Waals surface area contributed by atoms with Crippen molar-refractivity contribution >= 4 is 17.4 Å². The third-order valence-corrected chi connectivity index (χ3v) is 2.82. The first-order valence-electron chi connectivity index (χ1n) is 6.06. The summed E-state index contributed by atoms with van der Waals surface area (Å²) in [6.07, 6.45) is 0.318. The minimum atomic E-state index is -0.618. The molecule has 1 unspecified atom stereocenters. The Balaban J connectivity index is 2.98. The number of methoxy groups -OCH3 is 1. The standard InChI is InChI=1S/C13H16N2O5/c1-4-11(16)8(2)14-13(17)10-6-5-9(15(18)19)7-12(10)20-3/h5-8H,4H2,1-3H3,(H,14,17).